The van der Waals surface area contributed by atoms with E-state index in [1.165, 1.54) is 0 Å². The average Bonchev–Trinajstić information content (AvgIpc) is 2.61. The van der Waals surface area contributed by atoms with Crippen molar-refractivity contribution in [2.24, 2.45) is 17.6 Å². The Kier molecular flexibility index (Phi) is 4.13. The lowest BCUT2D eigenvalue weighted by Crippen LogP contribution is -2.37. The Hall–Kier alpha value is -0.410. The standard InChI is InChI=1S/C13H23NOS/c1-9(2)12(14)10-7-6-8-11(10)16(15)13(3,4)5/h6-10,12H,14H2,1-5H3/t10?,12-,16?/m0/s1. The molecule has 3 heteroatoms. The first-order valence-corrected chi connectivity index (χ1v) is 6.96. The van der Waals surface area contributed by atoms with Gasteiger partial charge >= 0.3 is 0 Å². The van der Waals surface area contributed by atoms with Crippen LogP contribution < -0.4 is 5.73 Å². The molecule has 0 heterocycles. The molecule has 3 atom stereocenters. The predicted molar refractivity (Wildman–Crippen MR) is 71.4 cm³/mol. The molecule has 2 unspecified atom stereocenters. The predicted octanol–water partition coefficient (Wildman–Crippen LogP) is 2.59. The first-order valence-electron chi connectivity index (χ1n) is 5.81. The van der Waals surface area contributed by atoms with Crippen LogP contribution in [0.2, 0.25) is 0 Å². The van der Waals surface area contributed by atoms with Crippen molar-refractivity contribution in [3.63, 3.8) is 0 Å². The van der Waals surface area contributed by atoms with Crippen molar-refractivity contribution in [3.8, 4) is 0 Å². The van der Waals surface area contributed by atoms with Gasteiger partial charge in [0.25, 0.3) is 0 Å². The summed E-state index contributed by atoms with van der Waals surface area (Å²) in [5.41, 5.74) is 6.17. The van der Waals surface area contributed by atoms with Gasteiger partial charge in [0.05, 0.1) is 10.8 Å². The summed E-state index contributed by atoms with van der Waals surface area (Å²) in [4.78, 5) is 0.980. The lowest BCUT2D eigenvalue weighted by molar-refractivity contribution is 0.438. The van der Waals surface area contributed by atoms with E-state index in [0.717, 1.165) is 4.91 Å². The van der Waals surface area contributed by atoms with Crippen LogP contribution in [0, 0.1) is 11.8 Å². The number of nitrogens with two attached hydrogens (primary N) is 1. The van der Waals surface area contributed by atoms with Crippen molar-refractivity contribution in [1.82, 2.24) is 0 Å². The lowest BCUT2D eigenvalue weighted by Gasteiger charge is -2.28. The highest BCUT2D eigenvalue weighted by Gasteiger charge is 2.32. The van der Waals surface area contributed by atoms with Crippen LogP contribution in [0.3, 0.4) is 0 Å². The van der Waals surface area contributed by atoms with Gasteiger partial charge in [-0.05, 0) is 32.8 Å². The van der Waals surface area contributed by atoms with Gasteiger partial charge in [-0.25, -0.2) is 0 Å². The van der Waals surface area contributed by atoms with Crippen molar-refractivity contribution < 1.29 is 4.21 Å². The summed E-state index contributed by atoms with van der Waals surface area (Å²) in [6.45, 7) is 10.2. The minimum atomic E-state index is -0.961. The molecule has 0 amide bonds. The molecular formula is C13H23NOS. The molecule has 1 rings (SSSR count). The molecule has 0 fully saturated rings. The van der Waals surface area contributed by atoms with Crippen LogP contribution >= 0.6 is 0 Å². The molecule has 0 saturated carbocycles. The van der Waals surface area contributed by atoms with Crippen molar-refractivity contribution in [1.29, 1.82) is 0 Å². The molecule has 0 aromatic carbocycles. The minimum Gasteiger partial charge on any atom is -0.327 e. The molecule has 0 aromatic heterocycles. The molecule has 2 nitrogen and oxygen atoms in total. The topological polar surface area (TPSA) is 43.1 Å². The van der Waals surface area contributed by atoms with E-state index in [-0.39, 0.29) is 16.7 Å². The molecule has 2 N–H and O–H groups in total. The summed E-state index contributed by atoms with van der Waals surface area (Å²) in [6.07, 6.45) is 6.02. The van der Waals surface area contributed by atoms with Gasteiger partial charge in [0.15, 0.2) is 0 Å². The fourth-order valence-electron chi connectivity index (χ4n) is 1.75. The van der Waals surface area contributed by atoms with Crippen LogP contribution in [0.1, 0.15) is 34.6 Å². The third-order valence-corrected chi connectivity index (χ3v) is 4.81. The Morgan fingerprint density at radius 2 is 1.94 bits per heavy atom. The normalized spacial score (nSPS) is 24.7. The molecule has 1 aliphatic carbocycles. The molecule has 1 aliphatic rings. The Bertz CT molecular complexity index is 336. The highest BCUT2D eigenvalue weighted by atomic mass is 32.2. The van der Waals surface area contributed by atoms with E-state index in [2.05, 4.69) is 19.9 Å². The Morgan fingerprint density at radius 1 is 1.38 bits per heavy atom. The zero-order valence-corrected chi connectivity index (χ0v) is 11.7. The van der Waals surface area contributed by atoms with E-state index < -0.39 is 10.8 Å². The molecule has 16 heavy (non-hydrogen) atoms. The first-order chi connectivity index (χ1) is 7.25. The third kappa shape index (κ3) is 2.83. The van der Waals surface area contributed by atoms with Crippen molar-refractivity contribution in [2.75, 3.05) is 0 Å². The first kappa shape index (κ1) is 13.7. The van der Waals surface area contributed by atoms with Crippen LogP contribution in [0.5, 0.6) is 0 Å². The second-order valence-electron chi connectivity index (χ2n) is 5.68. The fourth-order valence-corrected chi connectivity index (χ4v) is 3.14. The molecule has 0 saturated heterocycles. The molecule has 0 aliphatic heterocycles. The highest BCUT2D eigenvalue weighted by Crippen LogP contribution is 2.32. The summed E-state index contributed by atoms with van der Waals surface area (Å²) < 4.78 is 12.1. The van der Waals surface area contributed by atoms with Gasteiger partial charge in [-0.15, -0.1) is 0 Å². The molecule has 0 spiro atoms. The molecule has 0 aromatic rings. The van der Waals surface area contributed by atoms with Gasteiger partial charge in [-0.1, -0.05) is 26.0 Å². The van der Waals surface area contributed by atoms with E-state index in [1.54, 1.807) is 0 Å². The van der Waals surface area contributed by atoms with Gasteiger partial charge in [-0.3, -0.25) is 4.21 Å². The van der Waals surface area contributed by atoms with Crippen LogP contribution in [0.15, 0.2) is 23.1 Å². The largest absolute Gasteiger partial charge is 0.327 e. The monoisotopic (exact) mass is 241 g/mol. The summed E-state index contributed by atoms with van der Waals surface area (Å²) in [5, 5.41) is 0. The molecule has 0 radical (unpaired) electrons. The van der Waals surface area contributed by atoms with Crippen LogP contribution in [-0.4, -0.2) is 15.0 Å². The summed E-state index contributed by atoms with van der Waals surface area (Å²) in [5.74, 6) is 0.535. The maximum atomic E-state index is 12.4. The molecule has 0 bridgehead atoms. The maximum Gasteiger partial charge on any atom is 0.0549 e. The number of hydrogen-bond donors (Lipinski definition) is 1. The van der Waals surface area contributed by atoms with Crippen LogP contribution in [0.25, 0.3) is 0 Å². The van der Waals surface area contributed by atoms with Gasteiger partial charge in [-0.2, -0.15) is 0 Å². The maximum absolute atomic E-state index is 12.4. The zero-order chi connectivity index (χ0) is 12.5. The summed E-state index contributed by atoms with van der Waals surface area (Å²) in [7, 11) is -0.961. The van der Waals surface area contributed by atoms with E-state index in [1.807, 2.05) is 32.9 Å². The Morgan fingerprint density at radius 3 is 2.38 bits per heavy atom. The Balaban J connectivity index is 2.88. The fraction of sp³-hybridized carbons (Fsp3) is 0.692. The second kappa shape index (κ2) is 4.84. The van der Waals surface area contributed by atoms with Crippen LogP contribution in [0.4, 0.5) is 0 Å². The third-order valence-electron chi connectivity index (χ3n) is 2.86. The van der Waals surface area contributed by atoms with Gasteiger partial charge < -0.3 is 5.73 Å². The zero-order valence-electron chi connectivity index (χ0n) is 10.9. The number of rotatable bonds is 3. The van der Waals surface area contributed by atoms with E-state index in [0.29, 0.717) is 5.92 Å². The van der Waals surface area contributed by atoms with Crippen molar-refractivity contribution >= 4 is 10.8 Å². The van der Waals surface area contributed by atoms with Crippen molar-refractivity contribution in [2.45, 2.75) is 45.4 Å². The number of allylic oxidation sites excluding steroid dienone is 2. The van der Waals surface area contributed by atoms with Gasteiger partial charge in [0.1, 0.15) is 0 Å². The van der Waals surface area contributed by atoms with Gasteiger partial charge in [0.2, 0.25) is 0 Å². The van der Waals surface area contributed by atoms with Crippen LogP contribution in [-0.2, 0) is 10.8 Å². The summed E-state index contributed by atoms with van der Waals surface area (Å²) in [6, 6.07) is 0.0521. The molecule has 92 valence electrons. The lowest BCUT2D eigenvalue weighted by atomic mass is 9.92. The Labute approximate surface area is 101 Å². The van der Waals surface area contributed by atoms with E-state index in [4.69, 9.17) is 5.73 Å². The summed E-state index contributed by atoms with van der Waals surface area (Å²) >= 11 is 0. The number of hydrogen-bond acceptors (Lipinski definition) is 2. The average molecular weight is 241 g/mol. The van der Waals surface area contributed by atoms with E-state index >= 15 is 0 Å². The smallest absolute Gasteiger partial charge is 0.0549 e. The second-order valence-corrected chi connectivity index (χ2v) is 7.92. The SMILES string of the molecule is CC(C)[C@H](N)C1C=CC=C1S(=O)C(C)(C)C. The van der Waals surface area contributed by atoms with Crippen molar-refractivity contribution in [3.05, 3.63) is 23.1 Å². The highest BCUT2D eigenvalue weighted by molar-refractivity contribution is 7.90. The molecular weight excluding hydrogens is 218 g/mol. The quantitative estimate of drug-likeness (QED) is 0.825. The van der Waals surface area contributed by atoms with E-state index in [9.17, 15) is 4.21 Å². The van der Waals surface area contributed by atoms with Gasteiger partial charge in [0, 0.05) is 21.6 Å². The minimum absolute atomic E-state index is 0.0521.